The lowest BCUT2D eigenvalue weighted by Crippen LogP contribution is -2.43. The average molecular weight is 332 g/mol. The number of pyridine rings is 1. The summed E-state index contributed by atoms with van der Waals surface area (Å²) in [7, 11) is 2.96. The van der Waals surface area contributed by atoms with Crippen molar-refractivity contribution in [3.8, 4) is 5.75 Å². The molecule has 1 amide bonds. The second kappa shape index (κ2) is 7.12. The third-order valence-electron chi connectivity index (χ3n) is 3.71. The fourth-order valence-electron chi connectivity index (χ4n) is 2.47. The van der Waals surface area contributed by atoms with E-state index in [1.165, 1.54) is 24.8 Å². The first kappa shape index (κ1) is 17.5. The molecule has 2 aromatic heterocycles. The average Bonchev–Trinajstić information content (AvgIpc) is 2.60. The van der Waals surface area contributed by atoms with Crippen molar-refractivity contribution in [2.45, 2.75) is 19.9 Å². The molecule has 0 aromatic carbocycles. The normalized spacial score (nSPS) is 10.6. The number of ether oxygens (including phenoxy) is 1. The summed E-state index contributed by atoms with van der Waals surface area (Å²) in [6, 6.07) is 0. The van der Waals surface area contributed by atoms with Gasteiger partial charge in [0.05, 0.1) is 7.11 Å². The van der Waals surface area contributed by atoms with Gasteiger partial charge in [-0.15, -0.1) is 6.58 Å². The lowest BCUT2D eigenvalue weighted by molar-refractivity contribution is -0.121. The van der Waals surface area contributed by atoms with Gasteiger partial charge < -0.3 is 10.1 Å². The van der Waals surface area contributed by atoms with Crippen LogP contribution in [0.4, 0.5) is 0 Å². The van der Waals surface area contributed by atoms with Gasteiger partial charge in [0.25, 0.3) is 5.56 Å². The molecule has 0 bridgehead atoms. The summed E-state index contributed by atoms with van der Waals surface area (Å²) in [5.74, 6) is -0.0737. The molecule has 0 spiro atoms. The Morgan fingerprint density at radius 1 is 1.46 bits per heavy atom. The Kier molecular flexibility index (Phi) is 5.18. The molecule has 128 valence electrons. The smallest absolute Gasteiger partial charge is 0.332 e. The van der Waals surface area contributed by atoms with Gasteiger partial charge in [0.15, 0.2) is 5.65 Å². The molecule has 24 heavy (non-hydrogen) atoms. The van der Waals surface area contributed by atoms with Crippen molar-refractivity contribution in [1.29, 1.82) is 0 Å². The molecule has 0 saturated heterocycles. The van der Waals surface area contributed by atoms with Crippen LogP contribution in [0.2, 0.25) is 0 Å². The lowest BCUT2D eigenvalue weighted by Gasteiger charge is -2.14. The largest absolute Gasteiger partial charge is 0.495 e. The van der Waals surface area contributed by atoms with Crippen LogP contribution in [0.15, 0.2) is 28.4 Å². The number of hydrogen-bond acceptors (Lipinski definition) is 5. The summed E-state index contributed by atoms with van der Waals surface area (Å²) in [5.41, 5.74) is -0.230. The summed E-state index contributed by atoms with van der Waals surface area (Å²) < 4.78 is 7.48. The Labute approximate surface area is 138 Å². The fourth-order valence-corrected chi connectivity index (χ4v) is 2.47. The maximum absolute atomic E-state index is 12.8. The molecule has 0 radical (unpaired) electrons. The molecule has 0 atom stereocenters. The number of nitrogens with zero attached hydrogens (tertiary/aromatic N) is 3. The minimum Gasteiger partial charge on any atom is -0.495 e. The van der Waals surface area contributed by atoms with Gasteiger partial charge in [0.1, 0.15) is 17.7 Å². The van der Waals surface area contributed by atoms with E-state index in [2.05, 4.69) is 16.9 Å². The zero-order valence-electron chi connectivity index (χ0n) is 14.0. The molecule has 2 rings (SSSR count). The molecular weight excluding hydrogens is 312 g/mol. The van der Waals surface area contributed by atoms with Gasteiger partial charge in [0.2, 0.25) is 5.91 Å². The van der Waals surface area contributed by atoms with Gasteiger partial charge in [-0.3, -0.25) is 14.2 Å². The molecule has 0 aliphatic heterocycles. The molecule has 1 N–H and O–H groups in total. The number of carbonyl (C=O) groups excluding carboxylic acids is 1. The van der Waals surface area contributed by atoms with Gasteiger partial charge in [-0.2, -0.15) is 0 Å². The van der Waals surface area contributed by atoms with E-state index < -0.39 is 17.2 Å². The van der Waals surface area contributed by atoms with Crippen molar-refractivity contribution in [1.82, 2.24) is 19.4 Å². The molecule has 8 nitrogen and oxygen atoms in total. The highest BCUT2D eigenvalue weighted by atomic mass is 16.5. The first-order valence-corrected chi connectivity index (χ1v) is 7.49. The van der Waals surface area contributed by atoms with Gasteiger partial charge in [-0.05, 0) is 6.42 Å². The molecule has 2 aromatic rings. The van der Waals surface area contributed by atoms with Crippen LogP contribution in [0.1, 0.15) is 12.5 Å². The number of fused-ring (bicyclic) bond motifs is 1. The highest BCUT2D eigenvalue weighted by Crippen LogP contribution is 2.24. The SMILES string of the molecule is C=CCNC(=O)Cn1c(=O)c2c(OC)c(CC)cnc2n(C)c1=O. The van der Waals surface area contributed by atoms with E-state index in [1.807, 2.05) is 6.92 Å². The predicted molar refractivity (Wildman–Crippen MR) is 90.4 cm³/mol. The van der Waals surface area contributed by atoms with E-state index in [0.29, 0.717) is 12.2 Å². The lowest BCUT2D eigenvalue weighted by atomic mass is 10.1. The second-order valence-corrected chi connectivity index (χ2v) is 5.19. The fraction of sp³-hybridized carbons (Fsp3) is 0.375. The van der Waals surface area contributed by atoms with E-state index in [9.17, 15) is 14.4 Å². The van der Waals surface area contributed by atoms with Crippen molar-refractivity contribution >= 4 is 16.9 Å². The Hall–Kier alpha value is -2.90. The summed E-state index contributed by atoms with van der Waals surface area (Å²) in [4.78, 5) is 41.3. The van der Waals surface area contributed by atoms with Crippen molar-refractivity contribution in [3.05, 3.63) is 45.3 Å². The third kappa shape index (κ3) is 2.94. The molecule has 0 aliphatic rings. The highest BCUT2D eigenvalue weighted by molar-refractivity contribution is 5.83. The number of aromatic nitrogens is 3. The second-order valence-electron chi connectivity index (χ2n) is 5.19. The molecule has 8 heteroatoms. The van der Waals surface area contributed by atoms with Crippen LogP contribution in [0, 0.1) is 0 Å². The van der Waals surface area contributed by atoms with Crippen LogP contribution in [-0.2, 0) is 24.8 Å². The van der Waals surface area contributed by atoms with E-state index in [-0.39, 0.29) is 24.1 Å². The Balaban J connectivity index is 2.73. The number of rotatable bonds is 6. The first-order chi connectivity index (χ1) is 11.5. The van der Waals surface area contributed by atoms with Crippen LogP contribution >= 0.6 is 0 Å². The number of methoxy groups -OCH3 is 1. The molecule has 0 fully saturated rings. The van der Waals surface area contributed by atoms with E-state index in [1.54, 1.807) is 6.20 Å². The van der Waals surface area contributed by atoms with Crippen molar-refractivity contribution in [2.24, 2.45) is 7.05 Å². The standard InChI is InChI=1S/C16H20N4O4/c1-5-7-17-11(21)9-20-15(22)12-13(24-4)10(6-2)8-18-14(12)19(3)16(20)23/h5,8H,1,6-7,9H2,2-4H3,(H,17,21). The van der Waals surface area contributed by atoms with Crippen molar-refractivity contribution in [2.75, 3.05) is 13.7 Å². The zero-order chi connectivity index (χ0) is 17.9. The topological polar surface area (TPSA) is 95.2 Å². The minimum absolute atomic E-state index is 0.190. The summed E-state index contributed by atoms with van der Waals surface area (Å²) in [6.07, 6.45) is 3.72. The minimum atomic E-state index is -0.611. The zero-order valence-corrected chi connectivity index (χ0v) is 14.0. The van der Waals surface area contributed by atoms with Crippen LogP contribution in [0.5, 0.6) is 5.75 Å². The van der Waals surface area contributed by atoms with Crippen LogP contribution < -0.4 is 21.3 Å². The third-order valence-corrected chi connectivity index (χ3v) is 3.71. The maximum atomic E-state index is 12.8. The molecular formula is C16H20N4O4. The van der Waals surface area contributed by atoms with Crippen molar-refractivity contribution in [3.63, 3.8) is 0 Å². The number of aryl methyl sites for hydroxylation is 2. The highest BCUT2D eigenvalue weighted by Gasteiger charge is 2.19. The molecule has 0 aliphatic carbocycles. The van der Waals surface area contributed by atoms with E-state index >= 15 is 0 Å². The number of nitrogens with one attached hydrogen (secondary N) is 1. The Morgan fingerprint density at radius 3 is 2.75 bits per heavy atom. The summed E-state index contributed by atoms with van der Waals surface area (Å²) in [6.45, 7) is 5.29. The van der Waals surface area contributed by atoms with Gasteiger partial charge >= 0.3 is 5.69 Å². The van der Waals surface area contributed by atoms with Gasteiger partial charge in [0, 0.05) is 25.4 Å². The predicted octanol–water partition coefficient (Wildman–Crippen LogP) is -0.0316. The molecule has 2 heterocycles. The summed E-state index contributed by atoms with van der Waals surface area (Å²) in [5, 5.41) is 2.73. The van der Waals surface area contributed by atoms with E-state index in [4.69, 9.17) is 4.74 Å². The van der Waals surface area contributed by atoms with Gasteiger partial charge in [-0.25, -0.2) is 14.3 Å². The first-order valence-electron chi connectivity index (χ1n) is 7.49. The number of carbonyl (C=O) groups is 1. The van der Waals surface area contributed by atoms with Crippen LogP contribution in [0.3, 0.4) is 0 Å². The van der Waals surface area contributed by atoms with Crippen LogP contribution in [-0.4, -0.2) is 33.7 Å². The van der Waals surface area contributed by atoms with Gasteiger partial charge in [-0.1, -0.05) is 13.0 Å². The Bertz CT molecular complexity index is 911. The van der Waals surface area contributed by atoms with Crippen LogP contribution in [0.25, 0.3) is 11.0 Å². The quantitative estimate of drug-likeness (QED) is 0.750. The van der Waals surface area contributed by atoms with E-state index in [0.717, 1.165) is 10.1 Å². The Morgan fingerprint density at radius 2 is 2.17 bits per heavy atom. The van der Waals surface area contributed by atoms with Crippen molar-refractivity contribution < 1.29 is 9.53 Å². The molecule has 0 unspecified atom stereocenters. The number of amides is 1. The number of hydrogen-bond donors (Lipinski definition) is 1. The maximum Gasteiger partial charge on any atom is 0.332 e. The monoisotopic (exact) mass is 332 g/mol. The summed E-state index contributed by atoms with van der Waals surface area (Å²) >= 11 is 0. The molecule has 0 saturated carbocycles.